The summed E-state index contributed by atoms with van der Waals surface area (Å²) in [6, 6.07) is 6.78. The van der Waals surface area contributed by atoms with Gasteiger partial charge in [0.2, 0.25) is 17.7 Å². The summed E-state index contributed by atoms with van der Waals surface area (Å²) in [6.45, 7) is 10.2. The number of aliphatic hydroxyl groups excluding tert-OH is 1. The predicted octanol–water partition coefficient (Wildman–Crippen LogP) is 2.21. The molecule has 4 rings (SSSR count). The van der Waals surface area contributed by atoms with Gasteiger partial charge in [-0.05, 0) is 77.7 Å². The summed E-state index contributed by atoms with van der Waals surface area (Å²) in [4.78, 5) is 42.9. The summed E-state index contributed by atoms with van der Waals surface area (Å²) in [6.07, 6.45) is 5.93. The number of aliphatic hydroxyl groups is 1. The molecule has 1 aromatic rings. The monoisotopic (exact) mass is 676 g/mol. The number of hydrogen-bond donors (Lipinski definition) is 4. The number of β-amino-alcohol motifs (C(OH)–C–C–N with tert-alkyl or cyclic N) is 1. The van der Waals surface area contributed by atoms with E-state index >= 15 is 0 Å². The van der Waals surface area contributed by atoms with Crippen LogP contribution in [-0.4, -0.2) is 103 Å². The van der Waals surface area contributed by atoms with Gasteiger partial charge in [-0.2, -0.15) is 0 Å². The van der Waals surface area contributed by atoms with E-state index in [4.69, 9.17) is 4.74 Å². The van der Waals surface area contributed by atoms with Gasteiger partial charge in [-0.15, -0.1) is 0 Å². The number of amides is 3. The molecule has 0 radical (unpaired) electrons. The van der Waals surface area contributed by atoms with Crippen molar-refractivity contribution in [1.82, 2.24) is 20.9 Å². The summed E-state index contributed by atoms with van der Waals surface area (Å²) in [5, 5.41) is 20.7. The molecule has 47 heavy (non-hydrogen) atoms. The molecule has 0 aromatic heterocycles. The van der Waals surface area contributed by atoms with E-state index < -0.39 is 62.1 Å². The average Bonchev–Trinajstić information content (AvgIpc) is 3.53. The van der Waals surface area contributed by atoms with Crippen LogP contribution in [0.3, 0.4) is 0 Å². The number of carbonyl (C=O) groups excluding carboxylic acids is 3. The van der Waals surface area contributed by atoms with Crippen molar-refractivity contribution in [3.05, 3.63) is 35.9 Å². The molecule has 1 saturated carbocycles. The Morgan fingerprint density at radius 3 is 2.23 bits per heavy atom. The lowest BCUT2D eigenvalue weighted by atomic mass is 9.72. The highest BCUT2D eigenvalue weighted by molar-refractivity contribution is 7.92. The molecule has 2 aliphatic heterocycles. The van der Waals surface area contributed by atoms with E-state index in [-0.39, 0.29) is 25.5 Å². The minimum absolute atomic E-state index is 0.0639. The summed E-state index contributed by atoms with van der Waals surface area (Å²) in [7, 11) is -3.82. The molecule has 3 unspecified atom stereocenters. The second-order valence-corrected chi connectivity index (χ2v) is 18.1. The van der Waals surface area contributed by atoms with Gasteiger partial charge in [0.25, 0.3) is 0 Å². The van der Waals surface area contributed by atoms with Crippen molar-refractivity contribution >= 4 is 27.6 Å². The van der Waals surface area contributed by atoms with Gasteiger partial charge in [0, 0.05) is 31.5 Å². The van der Waals surface area contributed by atoms with Crippen molar-refractivity contribution in [3.8, 4) is 0 Å². The Morgan fingerprint density at radius 2 is 1.64 bits per heavy atom. The molecule has 3 amide bonds. The molecule has 0 spiro atoms. The van der Waals surface area contributed by atoms with Gasteiger partial charge < -0.3 is 25.8 Å². The Hall–Kier alpha value is -2.54. The second-order valence-electron chi connectivity index (χ2n) is 15.5. The number of sulfone groups is 1. The molecular formula is C35H56N4O7S. The SMILES string of the molecule is CC(C)(C)NC(=O)C1C[C@@H]2CCCC[C@@H]2CN1CC(O)C(Cc1ccccc1)NC(=O)[C@@H](NC(=O)[C@H]1CCOC1)C(C)(C)S(C)(=O)=O. The van der Waals surface area contributed by atoms with Crippen molar-refractivity contribution in [2.24, 2.45) is 17.8 Å². The number of ether oxygens (including phenoxy) is 1. The van der Waals surface area contributed by atoms with Crippen LogP contribution in [0.2, 0.25) is 0 Å². The number of benzene rings is 1. The number of fused-ring (bicyclic) bond motifs is 1. The summed E-state index contributed by atoms with van der Waals surface area (Å²) < 4.78 is 29.6. The van der Waals surface area contributed by atoms with E-state index in [2.05, 4.69) is 20.9 Å². The third kappa shape index (κ3) is 9.77. The lowest BCUT2D eigenvalue weighted by Crippen LogP contribution is -2.64. The number of likely N-dealkylation sites (tertiary alicyclic amines) is 1. The van der Waals surface area contributed by atoms with Gasteiger partial charge in [-0.3, -0.25) is 19.3 Å². The Bertz CT molecular complexity index is 1340. The molecule has 12 heteroatoms. The van der Waals surface area contributed by atoms with Crippen LogP contribution in [0.1, 0.15) is 78.7 Å². The van der Waals surface area contributed by atoms with Crippen LogP contribution in [0.15, 0.2) is 30.3 Å². The minimum Gasteiger partial charge on any atom is -0.390 e. The zero-order chi connectivity index (χ0) is 34.6. The number of carbonyl (C=O) groups is 3. The van der Waals surface area contributed by atoms with Crippen LogP contribution < -0.4 is 16.0 Å². The fourth-order valence-corrected chi connectivity index (χ4v) is 7.78. The van der Waals surface area contributed by atoms with Gasteiger partial charge in [-0.25, -0.2) is 8.42 Å². The molecular weight excluding hydrogens is 620 g/mol. The van der Waals surface area contributed by atoms with E-state index in [1.807, 2.05) is 51.1 Å². The highest BCUT2D eigenvalue weighted by atomic mass is 32.2. The van der Waals surface area contributed by atoms with Crippen LogP contribution in [0.25, 0.3) is 0 Å². The third-order valence-corrected chi connectivity index (χ3v) is 12.5. The fourth-order valence-electron chi connectivity index (χ4n) is 7.18. The molecule has 1 aliphatic carbocycles. The number of nitrogens with zero attached hydrogens (tertiary/aromatic N) is 1. The largest absolute Gasteiger partial charge is 0.390 e. The van der Waals surface area contributed by atoms with Crippen LogP contribution >= 0.6 is 0 Å². The number of rotatable bonds is 12. The average molecular weight is 677 g/mol. The minimum atomic E-state index is -3.82. The first-order valence-electron chi connectivity index (χ1n) is 17.1. The Balaban J connectivity index is 1.60. The number of piperidine rings is 1. The van der Waals surface area contributed by atoms with Gasteiger partial charge in [0.15, 0.2) is 9.84 Å². The second kappa shape index (κ2) is 15.3. The Labute approximate surface area is 280 Å². The van der Waals surface area contributed by atoms with E-state index in [0.717, 1.165) is 43.9 Å². The highest BCUT2D eigenvalue weighted by Gasteiger charge is 2.47. The molecule has 3 fully saturated rings. The van der Waals surface area contributed by atoms with E-state index in [0.29, 0.717) is 31.4 Å². The zero-order valence-electron chi connectivity index (χ0n) is 29.0. The van der Waals surface area contributed by atoms with Crippen molar-refractivity contribution in [1.29, 1.82) is 0 Å². The first-order chi connectivity index (χ1) is 22.0. The maximum Gasteiger partial charge on any atom is 0.244 e. The molecule has 3 aliphatic rings. The lowest BCUT2D eigenvalue weighted by molar-refractivity contribution is -0.134. The van der Waals surface area contributed by atoms with Crippen LogP contribution in [0, 0.1) is 17.8 Å². The van der Waals surface area contributed by atoms with E-state index in [1.165, 1.54) is 13.8 Å². The Morgan fingerprint density at radius 1 is 0.979 bits per heavy atom. The number of nitrogens with one attached hydrogen (secondary N) is 3. The maximum absolute atomic E-state index is 14.1. The van der Waals surface area contributed by atoms with Crippen molar-refractivity contribution in [2.45, 2.75) is 114 Å². The van der Waals surface area contributed by atoms with Gasteiger partial charge in [-0.1, -0.05) is 49.6 Å². The van der Waals surface area contributed by atoms with E-state index in [1.54, 1.807) is 0 Å². The molecule has 4 N–H and O–H groups in total. The summed E-state index contributed by atoms with van der Waals surface area (Å²) in [5.41, 5.74) is 0.460. The predicted molar refractivity (Wildman–Crippen MR) is 181 cm³/mol. The van der Waals surface area contributed by atoms with Crippen LogP contribution in [0.5, 0.6) is 0 Å². The Kier molecular flexibility index (Phi) is 12.2. The summed E-state index contributed by atoms with van der Waals surface area (Å²) >= 11 is 0. The first kappa shape index (κ1) is 37.3. The first-order valence-corrected chi connectivity index (χ1v) is 19.0. The van der Waals surface area contributed by atoms with Crippen molar-refractivity contribution in [2.75, 3.05) is 32.6 Å². The van der Waals surface area contributed by atoms with E-state index in [9.17, 15) is 27.9 Å². The molecule has 1 aromatic carbocycles. The van der Waals surface area contributed by atoms with Crippen molar-refractivity contribution < 1.29 is 32.6 Å². The third-order valence-electron chi connectivity index (χ3n) is 10.3. The quantitative estimate of drug-likeness (QED) is 0.263. The van der Waals surface area contributed by atoms with Crippen LogP contribution in [-0.2, 0) is 35.4 Å². The molecule has 7 atom stereocenters. The zero-order valence-corrected chi connectivity index (χ0v) is 29.8. The van der Waals surface area contributed by atoms with Gasteiger partial charge in [0.05, 0.1) is 35.5 Å². The smallest absolute Gasteiger partial charge is 0.244 e. The normalized spacial score (nSPS) is 26.0. The number of hydrogen-bond acceptors (Lipinski definition) is 8. The summed E-state index contributed by atoms with van der Waals surface area (Å²) in [5.74, 6) is -0.786. The fraction of sp³-hybridized carbons (Fsp3) is 0.743. The van der Waals surface area contributed by atoms with Gasteiger partial charge in [0.1, 0.15) is 6.04 Å². The molecule has 11 nitrogen and oxygen atoms in total. The highest BCUT2D eigenvalue weighted by Crippen LogP contribution is 2.39. The molecule has 2 heterocycles. The molecule has 264 valence electrons. The topological polar surface area (TPSA) is 154 Å². The van der Waals surface area contributed by atoms with Crippen molar-refractivity contribution in [3.63, 3.8) is 0 Å². The van der Waals surface area contributed by atoms with Crippen LogP contribution in [0.4, 0.5) is 0 Å². The van der Waals surface area contributed by atoms with Gasteiger partial charge >= 0.3 is 0 Å². The molecule has 0 bridgehead atoms. The maximum atomic E-state index is 14.1. The lowest BCUT2D eigenvalue weighted by Gasteiger charge is -2.47. The standard InChI is InChI=1S/C35H56N4O7S/c1-34(2,3)38-32(42)28-19-24-14-10-11-15-25(24)20-39(28)21-29(40)27(18-23-12-8-7-9-13-23)36-33(43)30(35(4,5)47(6,44)45)37-31(41)26-16-17-46-22-26/h7-9,12-13,24-30,40H,10-11,14-22H2,1-6H3,(H,36,43)(H,37,41)(H,38,42)/t24-,25+,26-,27?,28?,29?,30+/m0/s1. The molecule has 2 saturated heterocycles.